The van der Waals surface area contributed by atoms with Crippen molar-refractivity contribution in [2.75, 3.05) is 19.8 Å². The van der Waals surface area contributed by atoms with Gasteiger partial charge in [-0.1, -0.05) is 30.3 Å². The number of hydrogen-bond acceptors (Lipinski definition) is 2. The van der Waals surface area contributed by atoms with Crippen LogP contribution in [0.2, 0.25) is 0 Å². The monoisotopic (exact) mass is 207 g/mol. The third-order valence-corrected chi connectivity index (χ3v) is 2.42. The van der Waals surface area contributed by atoms with Crippen LogP contribution in [0.15, 0.2) is 30.3 Å². The van der Waals surface area contributed by atoms with E-state index in [0.29, 0.717) is 6.04 Å². The van der Waals surface area contributed by atoms with Gasteiger partial charge in [-0.3, -0.25) is 0 Å². The molecule has 2 nitrogen and oxygen atoms in total. The van der Waals surface area contributed by atoms with Gasteiger partial charge in [0.25, 0.3) is 0 Å². The molecule has 84 valence electrons. The summed E-state index contributed by atoms with van der Waals surface area (Å²) in [5.41, 5.74) is 1.34. The summed E-state index contributed by atoms with van der Waals surface area (Å²) >= 11 is 0. The first-order valence-electron chi connectivity index (χ1n) is 5.70. The van der Waals surface area contributed by atoms with Crippen LogP contribution >= 0.6 is 0 Å². The highest BCUT2D eigenvalue weighted by molar-refractivity contribution is 5.17. The van der Waals surface area contributed by atoms with Crippen molar-refractivity contribution in [1.82, 2.24) is 5.32 Å². The molecule has 0 radical (unpaired) electrons. The van der Waals surface area contributed by atoms with Gasteiger partial charge in [-0.2, -0.15) is 0 Å². The Morgan fingerprint density at radius 2 is 2.00 bits per heavy atom. The summed E-state index contributed by atoms with van der Waals surface area (Å²) < 4.78 is 5.28. The number of hydrogen-bond donors (Lipinski definition) is 1. The van der Waals surface area contributed by atoms with Crippen LogP contribution in [-0.2, 0) is 4.74 Å². The molecule has 2 heteroatoms. The zero-order valence-corrected chi connectivity index (χ0v) is 9.70. The second-order valence-corrected chi connectivity index (χ2v) is 3.64. The first-order chi connectivity index (χ1) is 7.34. The highest BCUT2D eigenvalue weighted by Crippen LogP contribution is 2.10. The molecule has 1 N–H and O–H groups in total. The molecule has 1 atom stereocenters. The van der Waals surface area contributed by atoms with Crippen molar-refractivity contribution in [2.45, 2.75) is 26.3 Å². The SMILES string of the molecule is CCOCCCN[C@H](C)c1ccccc1. The van der Waals surface area contributed by atoms with Crippen molar-refractivity contribution in [3.05, 3.63) is 35.9 Å². The maximum absolute atomic E-state index is 5.28. The molecule has 1 rings (SSSR count). The average molecular weight is 207 g/mol. The van der Waals surface area contributed by atoms with E-state index in [-0.39, 0.29) is 0 Å². The normalized spacial score (nSPS) is 12.7. The van der Waals surface area contributed by atoms with Gasteiger partial charge >= 0.3 is 0 Å². The standard InChI is InChI=1S/C13H21NO/c1-3-15-11-7-10-14-12(2)13-8-5-4-6-9-13/h4-6,8-9,12,14H,3,7,10-11H2,1-2H3/t12-/m1/s1. The van der Waals surface area contributed by atoms with Crippen LogP contribution in [0.5, 0.6) is 0 Å². The van der Waals surface area contributed by atoms with Crippen molar-refractivity contribution in [3.63, 3.8) is 0 Å². The van der Waals surface area contributed by atoms with Crippen LogP contribution in [0.25, 0.3) is 0 Å². The molecule has 0 fully saturated rings. The molecular formula is C13H21NO. The molecule has 0 aliphatic heterocycles. The minimum Gasteiger partial charge on any atom is -0.382 e. The van der Waals surface area contributed by atoms with Crippen LogP contribution < -0.4 is 5.32 Å². The van der Waals surface area contributed by atoms with Gasteiger partial charge < -0.3 is 10.1 Å². The van der Waals surface area contributed by atoms with Gasteiger partial charge in [0.2, 0.25) is 0 Å². The van der Waals surface area contributed by atoms with Gasteiger partial charge in [0, 0.05) is 19.3 Å². The summed E-state index contributed by atoms with van der Waals surface area (Å²) in [6, 6.07) is 10.9. The van der Waals surface area contributed by atoms with Gasteiger partial charge in [0.1, 0.15) is 0 Å². The summed E-state index contributed by atoms with van der Waals surface area (Å²) in [5.74, 6) is 0. The fraction of sp³-hybridized carbons (Fsp3) is 0.538. The van der Waals surface area contributed by atoms with Gasteiger partial charge in [-0.05, 0) is 32.4 Å². The van der Waals surface area contributed by atoms with Gasteiger partial charge in [-0.15, -0.1) is 0 Å². The van der Waals surface area contributed by atoms with Crippen LogP contribution in [0.3, 0.4) is 0 Å². The predicted molar refractivity (Wildman–Crippen MR) is 64.0 cm³/mol. The first-order valence-corrected chi connectivity index (χ1v) is 5.70. The first kappa shape index (κ1) is 12.2. The lowest BCUT2D eigenvalue weighted by Crippen LogP contribution is -2.20. The highest BCUT2D eigenvalue weighted by Gasteiger charge is 2.02. The molecule has 0 aliphatic carbocycles. The van der Waals surface area contributed by atoms with Crippen LogP contribution in [-0.4, -0.2) is 19.8 Å². The van der Waals surface area contributed by atoms with Crippen molar-refractivity contribution >= 4 is 0 Å². The molecular weight excluding hydrogens is 186 g/mol. The Balaban J connectivity index is 2.16. The third kappa shape index (κ3) is 4.96. The molecule has 0 amide bonds. The van der Waals surface area contributed by atoms with E-state index >= 15 is 0 Å². The molecule has 0 unspecified atom stereocenters. The highest BCUT2D eigenvalue weighted by atomic mass is 16.5. The molecule has 0 heterocycles. The molecule has 0 saturated heterocycles. The number of nitrogens with one attached hydrogen (secondary N) is 1. The predicted octanol–water partition coefficient (Wildman–Crippen LogP) is 2.76. The zero-order chi connectivity index (χ0) is 10.9. The Bertz CT molecular complexity index is 248. The Morgan fingerprint density at radius 3 is 2.67 bits per heavy atom. The smallest absolute Gasteiger partial charge is 0.0477 e. The van der Waals surface area contributed by atoms with Crippen molar-refractivity contribution in [1.29, 1.82) is 0 Å². The zero-order valence-electron chi connectivity index (χ0n) is 9.70. The number of ether oxygens (including phenoxy) is 1. The van der Waals surface area contributed by atoms with E-state index in [0.717, 1.165) is 26.2 Å². The molecule has 0 aliphatic rings. The quantitative estimate of drug-likeness (QED) is 0.694. The lowest BCUT2D eigenvalue weighted by molar-refractivity contribution is 0.144. The fourth-order valence-electron chi connectivity index (χ4n) is 1.50. The largest absolute Gasteiger partial charge is 0.382 e. The Hall–Kier alpha value is -0.860. The van der Waals surface area contributed by atoms with E-state index in [1.165, 1.54) is 5.56 Å². The number of benzene rings is 1. The van der Waals surface area contributed by atoms with Gasteiger partial charge in [0.15, 0.2) is 0 Å². The summed E-state index contributed by atoms with van der Waals surface area (Å²) in [4.78, 5) is 0. The van der Waals surface area contributed by atoms with E-state index in [1.807, 2.05) is 13.0 Å². The van der Waals surface area contributed by atoms with E-state index in [1.54, 1.807) is 0 Å². The lowest BCUT2D eigenvalue weighted by atomic mass is 10.1. The maximum Gasteiger partial charge on any atom is 0.0477 e. The second kappa shape index (κ2) is 7.43. The summed E-state index contributed by atoms with van der Waals surface area (Å²) in [7, 11) is 0. The summed E-state index contributed by atoms with van der Waals surface area (Å²) in [6.45, 7) is 6.89. The van der Waals surface area contributed by atoms with Gasteiger partial charge in [-0.25, -0.2) is 0 Å². The van der Waals surface area contributed by atoms with Crippen molar-refractivity contribution in [2.24, 2.45) is 0 Å². The molecule has 15 heavy (non-hydrogen) atoms. The topological polar surface area (TPSA) is 21.3 Å². The third-order valence-electron chi connectivity index (χ3n) is 2.42. The Labute approximate surface area is 92.6 Å². The Morgan fingerprint density at radius 1 is 1.27 bits per heavy atom. The number of rotatable bonds is 7. The lowest BCUT2D eigenvalue weighted by Gasteiger charge is -2.13. The minimum atomic E-state index is 0.424. The average Bonchev–Trinajstić information content (AvgIpc) is 2.30. The molecule has 0 aromatic heterocycles. The minimum absolute atomic E-state index is 0.424. The fourth-order valence-corrected chi connectivity index (χ4v) is 1.50. The van der Waals surface area contributed by atoms with Gasteiger partial charge in [0.05, 0.1) is 0 Å². The molecule has 0 saturated carbocycles. The summed E-state index contributed by atoms with van der Waals surface area (Å²) in [5, 5.41) is 3.48. The summed E-state index contributed by atoms with van der Waals surface area (Å²) in [6.07, 6.45) is 1.07. The van der Waals surface area contributed by atoms with Crippen LogP contribution in [0.1, 0.15) is 31.9 Å². The van der Waals surface area contributed by atoms with Crippen molar-refractivity contribution < 1.29 is 4.74 Å². The molecule has 0 spiro atoms. The molecule has 0 bridgehead atoms. The molecule has 1 aromatic rings. The van der Waals surface area contributed by atoms with E-state index < -0.39 is 0 Å². The second-order valence-electron chi connectivity index (χ2n) is 3.64. The maximum atomic E-state index is 5.28. The van der Waals surface area contributed by atoms with Crippen LogP contribution in [0.4, 0.5) is 0 Å². The van der Waals surface area contributed by atoms with E-state index in [9.17, 15) is 0 Å². The van der Waals surface area contributed by atoms with E-state index in [2.05, 4.69) is 36.5 Å². The van der Waals surface area contributed by atoms with E-state index in [4.69, 9.17) is 4.74 Å². The van der Waals surface area contributed by atoms with Crippen LogP contribution in [0, 0.1) is 0 Å². The van der Waals surface area contributed by atoms with Crippen molar-refractivity contribution in [3.8, 4) is 0 Å². The Kier molecular flexibility index (Phi) is 6.05. The molecule has 1 aromatic carbocycles.